The number of pyridine rings is 1. The van der Waals surface area contributed by atoms with Crippen LogP contribution in [0.4, 0.5) is 0 Å². The first-order valence-corrected chi connectivity index (χ1v) is 6.55. The Balaban J connectivity index is 2.24. The number of benzene rings is 1. The standard InChI is InChI=1S/C17H19N/c1-11-8-13-9-12-6-5-7-18-16(12)14(13)10-15(11)17(2,3)4/h5-8,10H,9H2,1-4H3. The molecule has 1 aromatic carbocycles. The first-order valence-electron chi connectivity index (χ1n) is 6.55. The summed E-state index contributed by atoms with van der Waals surface area (Å²) in [5, 5.41) is 0. The molecule has 1 nitrogen and oxygen atoms in total. The molecule has 0 bridgehead atoms. The van der Waals surface area contributed by atoms with Crippen molar-refractivity contribution < 1.29 is 0 Å². The van der Waals surface area contributed by atoms with Crippen LogP contribution >= 0.6 is 0 Å². The Bertz CT molecular complexity index is 618. The molecule has 0 spiro atoms. The third kappa shape index (κ3) is 1.66. The molecule has 0 atom stereocenters. The van der Waals surface area contributed by atoms with E-state index in [-0.39, 0.29) is 5.41 Å². The first-order chi connectivity index (χ1) is 8.47. The molecule has 18 heavy (non-hydrogen) atoms. The Morgan fingerprint density at radius 2 is 1.89 bits per heavy atom. The molecular formula is C17H19N. The molecule has 92 valence electrons. The Hall–Kier alpha value is -1.63. The molecule has 3 rings (SSSR count). The van der Waals surface area contributed by atoms with Crippen molar-refractivity contribution >= 4 is 0 Å². The van der Waals surface area contributed by atoms with Gasteiger partial charge in [-0.3, -0.25) is 4.98 Å². The summed E-state index contributed by atoms with van der Waals surface area (Å²) in [5.74, 6) is 0. The second kappa shape index (κ2) is 3.68. The Kier molecular flexibility index (Phi) is 2.34. The second-order valence-corrected chi connectivity index (χ2v) is 6.26. The lowest BCUT2D eigenvalue weighted by Gasteiger charge is -2.23. The molecule has 0 radical (unpaired) electrons. The van der Waals surface area contributed by atoms with Gasteiger partial charge in [-0.1, -0.05) is 32.9 Å². The first kappa shape index (κ1) is 11.5. The maximum absolute atomic E-state index is 4.55. The van der Waals surface area contributed by atoms with Crippen LogP contribution in [-0.4, -0.2) is 4.98 Å². The second-order valence-electron chi connectivity index (χ2n) is 6.26. The van der Waals surface area contributed by atoms with E-state index in [1.165, 1.54) is 33.5 Å². The SMILES string of the molecule is Cc1cc2c(cc1C(C)(C)C)-c1ncccc1C2. The Morgan fingerprint density at radius 1 is 1.11 bits per heavy atom. The fourth-order valence-corrected chi connectivity index (χ4v) is 2.97. The topological polar surface area (TPSA) is 12.9 Å². The number of aromatic nitrogens is 1. The van der Waals surface area contributed by atoms with Gasteiger partial charge in [0.25, 0.3) is 0 Å². The predicted octanol–water partition coefficient (Wildman–Crippen LogP) is 4.26. The molecule has 1 aliphatic rings. The molecule has 0 aliphatic heterocycles. The maximum Gasteiger partial charge on any atom is 0.0740 e. The summed E-state index contributed by atoms with van der Waals surface area (Å²) < 4.78 is 0. The van der Waals surface area contributed by atoms with Gasteiger partial charge >= 0.3 is 0 Å². The van der Waals surface area contributed by atoms with Crippen LogP contribution in [0.3, 0.4) is 0 Å². The molecular weight excluding hydrogens is 218 g/mol. The average molecular weight is 237 g/mol. The van der Waals surface area contributed by atoms with Gasteiger partial charge in [0.15, 0.2) is 0 Å². The van der Waals surface area contributed by atoms with Crippen molar-refractivity contribution in [3.63, 3.8) is 0 Å². The van der Waals surface area contributed by atoms with Crippen molar-refractivity contribution in [2.24, 2.45) is 0 Å². The van der Waals surface area contributed by atoms with Crippen molar-refractivity contribution in [3.05, 3.63) is 52.7 Å². The molecule has 0 unspecified atom stereocenters. The largest absolute Gasteiger partial charge is 0.256 e. The minimum atomic E-state index is 0.191. The normalized spacial score (nSPS) is 13.3. The summed E-state index contributed by atoms with van der Waals surface area (Å²) in [6, 6.07) is 8.91. The van der Waals surface area contributed by atoms with Gasteiger partial charge in [-0.05, 0) is 46.7 Å². The van der Waals surface area contributed by atoms with E-state index in [0.29, 0.717) is 0 Å². The lowest BCUT2D eigenvalue weighted by atomic mass is 9.82. The van der Waals surface area contributed by atoms with Crippen LogP contribution in [0.15, 0.2) is 30.5 Å². The minimum Gasteiger partial charge on any atom is -0.256 e. The fourth-order valence-electron chi connectivity index (χ4n) is 2.97. The number of hydrogen-bond acceptors (Lipinski definition) is 1. The highest BCUT2D eigenvalue weighted by molar-refractivity contribution is 5.74. The van der Waals surface area contributed by atoms with Crippen LogP contribution in [0.2, 0.25) is 0 Å². The van der Waals surface area contributed by atoms with Crippen LogP contribution in [-0.2, 0) is 11.8 Å². The van der Waals surface area contributed by atoms with Gasteiger partial charge in [0.05, 0.1) is 5.69 Å². The zero-order valence-electron chi connectivity index (χ0n) is 11.5. The summed E-state index contributed by atoms with van der Waals surface area (Å²) in [6.07, 6.45) is 2.92. The number of nitrogens with zero attached hydrogens (tertiary/aromatic N) is 1. The van der Waals surface area contributed by atoms with Gasteiger partial charge in [0.2, 0.25) is 0 Å². The molecule has 1 heteroatoms. The highest BCUT2D eigenvalue weighted by atomic mass is 14.7. The van der Waals surface area contributed by atoms with Crippen LogP contribution in [0.5, 0.6) is 0 Å². The summed E-state index contributed by atoms with van der Waals surface area (Å²) in [7, 11) is 0. The van der Waals surface area contributed by atoms with Crippen molar-refractivity contribution in [2.45, 2.75) is 39.5 Å². The fraction of sp³-hybridized carbons (Fsp3) is 0.353. The van der Waals surface area contributed by atoms with E-state index in [0.717, 1.165) is 6.42 Å². The zero-order valence-corrected chi connectivity index (χ0v) is 11.5. The lowest BCUT2D eigenvalue weighted by molar-refractivity contribution is 0.586. The smallest absolute Gasteiger partial charge is 0.0740 e. The van der Waals surface area contributed by atoms with Gasteiger partial charge < -0.3 is 0 Å². The van der Waals surface area contributed by atoms with E-state index in [4.69, 9.17) is 0 Å². The van der Waals surface area contributed by atoms with Crippen molar-refractivity contribution in [1.82, 2.24) is 4.98 Å². The van der Waals surface area contributed by atoms with Crippen molar-refractivity contribution in [2.75, 3.05) is 0 Å². The van der Waals surface area contributed by atoms with E-state index in [1.807, 2.05) is 12.3 Å². The molecule has 1 aromatic heterocycles. The Morgan fingerprint density at radius 3 is 2.61 bits per heavy atom. The van der Waals surface area contributed by atoms with Gasteiger partial charge in [-0.2, -0.15) is 0 Å². The summed E-state index contributed by atoms with van der Waals surface area (Å²) >= 11 is 0. The molecule has 0 fully saturated rings. The quantitative estimate of drug-likeness (QED) is 0.569. The summed E-state index contributed by atoms with van der Waals surface area (Å²) in [5.41, 5.74) is 8.32. The molecule has 0 amide bonds. The number of rotatable bonds is 0. The predicted molar refractivity (Wildman–Crippen MR) is 75.9 cm³/mol. The van der Waals surface area contributed by atoms with Crippen LogP contribution in [0.1, 0.15) is 43.0 Å². The third-order valence-electron chi connectivity index (χ3n) is 3.79. The Labute approximate surface area is 109 Å². The highest BCUT2D eigenvalue weighted by Gasteiger charge is 2.24. The molecule has 2 aromatic rings. The number of aryl methyl sites for hydroxylation is 1. The van der Waals surface area contributed by atoms with E-state index in [2.05, 4.69) is 50.9 Å². The van der Waals surface area contributed by atoms with E-state index < -0.39 is 0 Å². The van der Waals surface area contributed by atoms with E-state index in [1.54, 1.807) is 0 Å². The lowest BCUT2D eigenvalue weighted by Crippen LogP contribution is -2.13. The van der Waals surface area contributed by atoms with Crippen LogP contribution in [0.25, 0.3) is 11.3 Å². The molecule has 1 aliphatic carbocycles. The summed E-state index contributed by atoms with van der Waals surface area (Å²) in [6.45, 7) is 9.04. The van der Waals surface area contributed by atoms with Gasteiger partial charge in [-0.15, -0.1) is 0 Å². The van der Waals surface area contributed by atoms with Gasteiger partial charge in [0, 0.05) is 18.2 Å². The van der Waals surface area contributed by atoms with E-state index >= 15 is 0 Å². The molecule has 1 heterocycles. The van der Waals surface area contributed by atoms with Gasteiger partial charge in [0.1, 0.15) is 0 Å². The number of fused-ring (bicyclic) bond motifs is 3. The molecule has 0 saturated carbocycles. The highest BCUT2D eigenvalue weighted by Crippen LogP contribution is 2.39. The number of hydrogen-bond donors (Lipinski definition) is 0. The van der Waals surface area contributed by atoms with Crippen molar-refractivity contribution in [1.29, 1.82) is 0 Å². The van der Waals surface area contributed by atoms with Crippen molar-refractivity contribution in [3.8, 4) is 11.3 Å². The monoisotopic (exact) mass is 237 g/mol. The maximum atomic E-state index is 4.55. The molecule has 0 N–H and O–H groups in total. The zero-order chi connectivity index (χ0) is 12.9. The average Bonchev–Trinajstić information content (AvgIpc) is 2.63. The van der Waals surface area contributed by atoms with Crippen LogP contribution < -0.4 is 0 Å². The minimum absolute atomic E-state index is 0.191. The van der Waals surface area contributed by atoms with E-state index in [9.17, 15) is 0 Å². The molecule has 0 saturated heterocycles. The van der Waals surface area contributed by atoms with Crippen LogP contribution in [0, 0.1) is 6.92 Å². The summed E-state index contributed by atoms with van der Waals surface area (Å²) in [4.78, 5) is 4.55. The third-order valence-corrected chi connectivity index (χ3v) is 3.79. The van der Waals surface area contributed by atoms with Gasteiger partial charge in [-0.25, -0.2) is 0 Å².